The summed E-state index contributed by atoms with van der Waals surface area (Å²) in [5, 5.41) is 0.651. The first-order chi connectivity index (χ1) is 7.43. The second-order valence-electron chi connectivity index (χ2n) is 4.04. The molecule has 0 aliphatic heterocycles. The third-order valence-electron chi connectivity index (χ3n) is 2.77. The maximum absolute atomic E-state index is 11.4. The Labute approximate surface area is 101 Å². The number of halogens is 1. The Morgan fingerprint density at radius 3 is 1.88 bits per heavy atom. The Morgan fingerprint density at radius 2 is 1.50 bits per heavy atom. The van der Waals surface area contributed by atoms with Crippen molar-refractivity contribution in [2.45, 2.75) is 26.7 Å². The van der Waals surface area contributed by atoms with Gasteiger partial charge in [0.2, 0.25) is 0 Å². The van der Waals surface area contributed by atoms with Crippen LogP contribution in [0, 0.1) is 5.92 Å². The minimum Gasteiger partial charge on any atom is -0.299 e. The second-order valence-corrected chi connectivity index (χ2v) is 4.48. The van der Waals surface area contributed by atoms with E-state index in [-0.39, 0.29) is 17.5 Å². The van der Waals surface area contributed by atoms with Crippen LogP contribution in [0.15, 0.2) is 24.3 Å². The highest BCUT2D eigenvalue weighted by Crippen LogP contribution is 2.26. The van der Waals surface area contributed by atoms with Crippen LogP contribution in [-0.4, -0.2) is 11.6 Å². The van der Waals surface area contributed by atoms with Gasteiger partial charge in [0.15, 0.2) is 0 Å². The van der Waals surface area contributed by atoms with Crippen LogP contribution in [0.4, 0.5) is 0 Å². The van der Waals surface area contributed by atoms with Gasteiger partial charge in [-0.15, -0.1) is 0 Å². The van der Waals surface area contributed by atoms with Crippen LogP contribution in [0.1, 0.15) is 32.3 Å². The van der Waals surface area contributed by atoms with E-state index < -0.39 is 5.92 Å². The first-order valence-corrected chi connectivity index (χ1v) is 5.57. The molecule has 1 aromatic rings. The largest absolute Gasteiger partial charge is 0.299 e. The SMILES string of the molecule is CC(=O)C(C(C)=O)[C@@H](C)c1ccc(Cl)cc1. The first kappa shape index (κ1) is 12.9. The van der Waals surface area contributed by atoms with E-state index in [0.29, 0.717) is 5.02 Å². The number of carbonyl (C=O) groups excluding carboxylic acids is 2. The van der Waals surface area contributed by atoms with Gasteiger partial charge in [0.05, 0.1) is 5.92 Å². The third-order valence-corrected chi connectivity index (χ3v) is 3.02. The molecule has 0 spiro atoms. The summed E-state index contributed by atoms with van der Waals surface area (Å²) in [6.07, 6.45) is 0. The highest BCUT2D eigenvalue weighted by molar-refractivity contribution is 6.30. The number of carbonyl (C=O) groups is 2. The first-order valence-electron chi connectivity index (χ1n) is 5.20. The lowest BCUT2D eigenvalue weighted by molar-refractivity contribution is -0.131. The van der Waals surface area contributed by atoms with E-state index in [9.17, 15) is 9.59 Å². The van der Waals surface area contributed by atoms with Crippen molar-refractivity contribution in [1.29, 1.82) is 0 Å². The van der Waals surface area contributed by atoms with E-state index in [2.05, 4.69) is 0 Å². The van der Waals surface area contributed by atoms with Crippen LogP contribution in [-0.2, 0) is 9.59 Å². The fourth-order valence-corrected chi connectivity index (χ4v) is 2.08. The van der Waals surface area contributed by atoms with Gasteiger partial charge in [-0.2, -0.15) is 0 Å². The summed E-state index contributed by atoms with van der Waals surface area (Å²) in [6, 6.07) is 7.24. The molecular weight excluding hydrogens is 224 g/mol. The van der Waals surface area contributed by atoms with E-state index in [4.69, 9.17) is 11.6 Å². The van der Waals surface area contributed by atoms with Gasteiger partial charge in [0.1, 0.15) is 11.6 Å². The number of ketones is 2. The lowest BCUT2D eigenvalue weighted by Crippen LogP contribution is -2.25. The van der Waals surface area contributed by atoms with Crippen molar-refractivity contribution in [2.24, 2.45) is 5.92 Å². The molecule has 0 saturated carbocycles. The monoisotopic (exact) mass is 238 g/mol. The van der Waals surface area contributed by atoms with Crippen LogP contribution in [0.3, 0.4) is 0 Å². The fraction of sp³-hybridized carbons (Fsp3) is 0.385. The second kappa shape index (κ2) is 5.26. The Bertz CT molecular complexity index is 381. The van der Waals surface area contributed by atoms with Gasteiger partial charge in [0, 0.05) is 5.02 Å². The summed E-state index contributed by atoms with van der Waals surface area (Å²) in [4.78, 5) is 22.8. The standard InChI is InChI=1S/C13H15ClO2/c1-8(13(9(2)15)10(3)16)11-4-6-12(14)7-5-11/h4-8,13H,1-3H3/t8-/m0/s1. The van der Waals surface area contributed by atoms with E-state index in [0.717, 1.165) is 5.56 Å². The summed E-state index contributed by atoms with van der Waals surface area (Å²) in [5.74, 6) is -0.835. The number of rotatable bonds is 4. The molecule has 1 rings (SSSR count). The van der Waals surface area contributed by atoms with E-state index in [1.165, 1.54) is 13.8 Å². The molecule has 0 bridgehead atoms. The molecule has 3 heteroatoms. The lowest BCUT2D eigenvalue weighted by Gasteiger charge is -2.19. The van der Waals surface area contributed by atoms with Crippen LogP contribution in [0.2, 0.25) is 5.02 Å². The minimum atomic E-state index is -0.554. The van der Waals surface area contributed by atoms with Crippen molar-refractivity contribution in [3.05, 3.63) is 34.9 Å². The molecule has 86 valence electrons. The molecular formula is C13H15ClO2. The molecule has 0 aliphatic rings. The molecule has 16 heavy (non-hydrogen) atoms. The highest BCUT2D eigenvalue weighted by Gasteiger charge is 2.27. The van der Waals surface area contributed by atoms with E-state index >= 15 is 0 Å². The summed E-state index contributed by atoms with van der Waals surface area (Å²) < 4.78 is 0. The number of hydrogen-bond donors (Lipinski definition) is 0. The van der Waals surface area contributed by atoms with Gasteiger partial charge in [-0.1, -0.05) is 30.7 Å². The fourth-order valence-electron chi connectivity index (χ4n) is 1.95. The predicted molar refractivity (Wildman–Crippen MR) is 64.7 cm³/mol. The third kappa shape index (κ3) is 2.92. The van der Waals surface area contributed by atoms with Gasteiger partial charge in [-0.25, -0.2) is 0 Å². The average Bonchev–Trinajstić information content (AvgIpc) is 2.17. The van der Waals surface area contributed by atoms with Crippen LogP contribution in [0.25, 0.3) is 0 Å². The topological polar surface area (TPSA) is 34.1 Å². The number of hydrogen-bond acceptors (Lipinski definition) is 2. The van der Waals surface area contributed by atoms with Gasteiger partial charge in [-0.05, 0) is 37.5 Å². The van der Waals surface area contributed by atoms with E-state index in [1.54, 1.807) is 12.1 Å². The molecule has 0 radical (unpaired) electrons. The molecule has 0 fully saturated rings. The van der Waals surface area contributed by atoms with E-state index in [1.807, 2.05) is 19.1 Å². The average molecular weight is 239 g/mol. The molecule has 0 N–H and O–H groups in total. The summed E-state index contributed by atoms with van der Waals surface area (Å²) in [5.41, 5.74) is 0.958. The van der Waals surface area contributed by atoms with Crippen LogP contribution in [0.5, 0.6) is 0 Å². The molecule has 0 aliphatic carbocycles. The predicted octanol–water partition coefficient (Wildman–Crippen LogP) is 3.24. The van der Waals surface area contributed by atoms with Crippen LogP contribution >= 0.6 is 11.6 Å². The van der Waals surface area contributed by atoms with Gasteiger partial charge < -0.3 is 0 Å². The highest BCUT2D eigenvalue weighted by atomic mass is 35.5. The Balaban J connectivity index is 2.99. The Morgan fingerprint density at radius 1 is 1.06 bits per heavy atom. The maximum atomic E-state index is 11.4. The Hall–Kier alpha value is -1.15. The molecule has 2 nitrogen and oxygen atoms in total. The van der Waals surface area contributed by atoms with Crippen molar-refractivity contribution in [2.75, 3.05) is 0 Å². The lowest BCUT2D eigenvalue weighted by atomic mass is 9.83. The van der Waals surface area contributed by atoms with Crippen molar-refractivity contribution >= 4 is 23.2 Å². The quantitative estimate of drug-likeness (QED) is 0.755. The number of benzene rings is 1. The molecule has 0 aromatic heterocycles. The molecule has 0 unspecified atom stereocenters. The van der Waals surface area contributed by atoms with Crippen molar-refractivity contribution in [1.82, 2.24) is 0 Å². The van der Waals surface area contributed by atoms with Gasteiger partial charge in [0.25, 0.3) is 0 Å². The molecule has 1 atom stereocenters. The van der Waals surface area contributed by atoms with Crippen molar-refractivity contribution in [3.63, 3.8) is 0 Å². The number of Topliss-reactive ketones (excluding diaryl/α,β-unsaturated/α-hetero) is 2. The van der Waals surface area contributed by atoms with Gasteiger partial charge in [-0.3, -0.25) is 9.59 Å². The van der Waals surface area contributed by atoms with Crippen molar-refractivity contribution in [3.8, 4) is 0 Å². The molecule has 0 heterocycles. The maximum Gasteiger partial charge on any atom is 0.140 e. The summed E-state index contributed by atoms with van der Waals surface area (Å²) in [6.45, 7) is 4.80. The summed E-state index contributed by atoms with van der Waals surface area (Å²) >= 11 is 5.79. The zero-order chi connectivity index (χ0) is 12.3. The van der Waals surface area contributed by atoms with Gasteiger partial charge >= 0.3 is 0 Å². The van der Waals surface area contributed by atoms with Crippen LogP contribution < -0.4 is 0 Å². The van der Waals surface area contributed by atoms with Crippen molar-refractivity contribution < 1.29 is 9.59 Å². The normalized spacial score (nSPS) is 12.6. The molecule has 0 saturated heterocycles. The zero-order valence-corrected chi connectivity index (χ0v) is 10.4. The zero-order valence-electron chi connectivity index (χ0n) is 9.66. The summed E-state index contributed by atoms with van der Waals surface area (Å²) in [7, 11) is 0. The smallest absolute Gasteiger partial charge is 0.140 e. The molecule has 1 aromatic carbocycles. The minimum absolute atomic E-state index is 0.0880. The Kier molecular flexibility index (Phi) is 4.25. The molecule has 0 amide bonds.